The third-order valence-corrected chi connectivity index (χ3v) is 6.62. The second kappa shape index (κ2) is 10.4. The van der Waals surface area contributed by atoms with Crippen molar-refractivity contribution in [3.05, 3.63) is 69.6 Å². The first-order chi connectivity index (χ1) is 15.5. The van der Waals surface area contributed by atoms with Crippen molar-refractivity contribution in [1.82, 2.24) is 9.97 Å². The highest BCUT2D eigenvalue weighted by Crippen LogP contribution is 2.36. The van der Waals surface area contributed by atoms with Crippen molar-refractivity contribution in [1.29, 1.82) is 5.41 Å². The van der Waals surface area contributed by atoms with Gasteiger partial charge in [-0.05, 0) is 53.2 Å². The Bertz CT molecular complexity index is 1150. The normalized spacial score (nSPS) is 13.8. The van der Waals surface area contributed by atoms with Gasteiger partial charge in [0.2, 0.25) is 5.88 Å². The zero-order valence-electron chi connectivity index (χ0n) is 16.9. The molecule has 3 N–H and O–H groups in total. The lowest BCUT2D eigenvalue weighted by molar-refractivity contribution is 0.227. The Morgan fingerprint density at radius 1 is 1.28 bits per heavy atom. The molecule has 0 radical (unpaired) electrons. The number of nitrogens with zero attached hydrogens (tertiary/aromatic N) is 2. The first kappa shape index (κ1) is 23.3. The van der Waals surface area contributed by atoms with Gasteiger partial charge in [-0.2, -0.15) is 0 Å². The second-order valence-corrected chi connectivity index (χ2v) is 9.80. The summed E-state index contributed by atoms with van der Waals surface area (Å²) in [5, 5.41) is 16.3. The van der Waals surface area contributed by atoms with E-state index in [1.165, 1.54) is 0 Å². The van der Waals surface area contributed by atoms with Crippen molar-refractivity contribution in [2.75, 3.05) is 23.6 Å². The quantitative estimate of drug-likeness (QED) is 0.163. The lowest BCUT2D eigenvalue weighted by Crippen LogP contribution is -2.19. The van der Waals surface area contributed by atoms with Crippen molar-refractivity contribution >= 4 is 68.7 Å². The summed E-state index contributed by atoms with van der Waals surface area (Å²) in [6.45, 7) is 3.15. The van der Waals surface area contributed by atoms with Gasteiger partial charge in [-0.3, -0.25) is 10.4 Å². The smallest absolute Gasteiger partial charge is 0.237 e. The summed E-state index contributed by atoms with van der Waals surface area (Å²) in [5.74, 6) is 1.15. The average molecular weight is 602 g/mol. The van der Waals surface area contributed by atoms with Crippen molar-refractivity contribution < 1.29 is 9.47 Å². The van der Waals surface area contributed by atoms with Crippen LogP contribution in [0.4, 0.5) is 11.4 Å². The fourth-order valence-electron chi connectivity index (χ4n) is 3.36. The van der Waals surface area contributed by atoms with Crippen LogP contribution in [-0.4, -0.2) is 28.8 Å². The van der Waals surface area contributed by atoms with E-state index in [-0.39, 0.29) is 0 Å². The molecule has 3 heterocycles. The summed E-state index contributed by atoms with van der Waals surface area (Å²) in [6.07, 6.45) is 4.77. The molecule has 0 amide bonds. The van der Waals surface area contributed by atoms with Crippen LogP contribution < -0.4 is 19.9 Å². The van der Waals surface area contributed by atoms with Crippen molar-refractivity contribution in [2.24, 2.45) is 0 Å². The molecule has 166 valence electrons. The van der Waals surface area contributed by atoms with Crippen LogP contribution in [0.15, 0.2) is 42.9 Å². The van der Waals surface area contributed by atoms with Crippen molar-refractivity contribution in [3.63, 3.8) is 0 Å². The first-order valence-electron chi connectivity index (χ1n) is 9.65. The maximum absolute atomic E-state index is 8.86. The highest BCUT2D eigenvalue weighted by atomic mass is 127. The third kappa shape index (κ3) is 5.03. The van der Waals surface area contributed by atoms with Gasteiger partial charge >= 0.3 is 0 Å². The van der Waals surface area contributed by atoms with Gasteiger partial charge in [0.1, 0.15) is 18.5 Å². The molecule has 0 bridgehead atoms. The number of pyridine rings is 2. The van der Waals surface area contributed by atoms with E-state index in [9.17, 15) is 0 Å². The van der Waals surface area contributed by atoms with Crippen LogP contribution in [0.2, 0.25) is 10.0 Å². The fraction of sp³-hybridized carbons (Fsp3) is 0.190. The van der Waals surface area contributed by atoms with Gasteiger partial charge in [-0.1, -0.05) is 23.2 Å². The molecule has 2 aromatic heterocycles. The number of halogens is 3. The Balaban J connectivity index is 1.65. The molecule has 4 rings (SSSR count). The predicted octanol–water partition coefficient (Wildman–Crippen LogP) is 6.50. The molecule has 1 aliphatic heterocycles. The zero-order valence-corrected chi connectivity index (χ0v) is 21.5. The van der Waals surface area contributed by atoms with Crippen LogP contribution in [0, 0.1) is 5.41 Å². The Labute approximate surface area is 210 Å². The molecule has 0 fully saturated rings. The lowest BCUT2D eigenvalue weighted by Gasteiger charge is -2.20. The predicted molar refractivity (Wildman–Crippen MR) is 140 cm³/mol. The largest absolute Gasteiger partial charge is 0.486 e. The number of anilines is 2. The number of fused-ring (bicyclic) bond motifs is 1. The van der Waals surface area contributed by atoms with Crippen LogP contribution in [0.5, 0.6) is 11.6 Å². The minimum atomic E-state index is -0.406. The molecule has 11 heteroatoms. The Morgan fingerprint density at radius 3 is 2.81 bits per heavy atom. The van der Waals surface area contributed by atoms with Gasteiger partial charge in [0, 0.05) is 53.9 Å². The number of hydrogen-bond donors (Lipinski definition) is 3. The van der Waals surface area contributed by atoms with E-state index in [0.717, 1.165) is 11.4 Å². The van der Waals surface area contributed by atoms with Gasteiger partial charge in [0.05, 0.1) is 21.4 Å². The lowest BCUT2D eigenvalue weighted by atomic mass is 10.0. The summed E-state index contributed by atoms with van der Waals surface area (Å²) in [5.41, 5.74) is 3.98. The topological polar surface area (TPSA) is 92.2 Å². The second-order valence-electron chi connectivity index (χ2n) is 6.93. The molecular formula is C21H19Cl2IN5O2P. The Kier molecular flexibility index (Phi) is 7.55. The highest BCUT2D eigenvalue weighted by molar-refractivity contribution is 14.2. The molecule has 1 aromatic carbocycles. The zero-order chi connectivity index (χ0) is 22.7. The van der Waals surface area contributed by atoms with Crippen LogP contribution in [0.1, 0.15) is 29.7 Å². The minimum absolute atomic E-state index is 0.322. The number of nitrogens with one attached hydrogen (secondary N) is 3. The first-order valence-corrected chi connectivity index (χ1v) is 14.5. The third-order valence-electron chi connectivity index (χ3n) is 4.85. The molecule has 0 aliphatic carbocycles. The van der Waals surface area contributed by atoms with E-state index >= 15 is 0 Å². The maximum atomic E-state index is 8.86. The number of ether oxygens (including phenoxy) is 2. The molecule has 32 heavy (non-hydrogen) atoms. The minimum Gasteiger partial charge on any atom is -0.486 e. The van der Waals surface area contributed by atoms with Crippen LogP contribution >= 0.6 is 51.6 Å². The fourth-order valence-corrected chi connectivity index (χ4v) is 5.22. The van der Waals surface area contributed by atoms with Gasteiger partial charge in [-0.15, -0.1) is 0 Å². The van der Waals surface area contributed by atoms with Gasteiger partial charge in [-0.25, -0.2) is 4.98 Å². The molecule has 0 spiro atoms. The molecule has 0 saturated carbocycles. The highest BCUT2D eigenvalue weighted by Gasteiger charge is 2.19. The van der Waals surface area contributed by atoms with E-state index in [0.29, 0.717) is 63.6 Å². The SMILES string of the molecule is C[C@@H](Oc1ccc(NPI)c(C(=N)c2cnc3c(c2)NCCO3)c1)c1c(Cl)cncc1Cl. The maximum Gasteiger partial charge on any atom is 0.237 e. The summed E-state index contributed by atoms with van der Waals surface area (Å²) in [7, 11) is 0. The number of benzene rings is 1. The summed E-state index contributed by atoms with van der Waals surface area (Å²) < 4.78 is 11.7. The Hall–Kier alpha value is -1.87. The molecule has 1 unspecified atom stereocenters. The van der Waals surface area contributed by atoms with E-state index in [2.05, 4.69) is 42.4 Å². The van der Waals surface area contributed by atoms with Crippen molar-refractivity contribution in [2.45, 2.75) is 13.0 Å². The van der Waals surface area contributed by atoms with E-state index in [1.54, 1.807) is 18.6 Å². The molecule has 2 atom stereocenters. The molecule has 1 aliphatic rings. The van der Waals surface area contributed by atoms with Crippen LogP contribution in [-0.2, 0) is 0 Å². The monoisotopic (exact) mass is 601 g/mol. The van der Waals surface area contributed by atoms with Crippen LogP contribution in [0.25, 0.3) is 0 Å². The Morgan fingerprint density at radius 2 is 2.06 bits per heavy atom. The summed E-state index contributed by atoms with van der Waals surface area (Å²) in [4.78, 5) is 8.35. The van der Waals surface area contributed by atoms with E-state index in [1.807, 2.05) is 31.2 Å². The number of rotatable bonds is 7. The molecule has 3 aromatic rings. The summed E-state index contributed by atoms with van der Waals surface area (Å²) in [6, 6.07) is 7.48. The van der Waals surface area contributed by atoms with E-state index < -0.39 is 6.10 Å². The van der Waals surface area contributed by atoms with Gasteiger partial charge < -0.3 is 19.9 Å². The van der Waals surface area contributed by atoms with Crippen LogP contribution in [0.3, 0.4) is 0 Å². The molecule has 7 nitrogen and oxygen atoms in total. The molecule has 0 saturated heterocycles. The average Bonchev–Trinajstić information content (AvgIpc) is 2.79. The molecular weight excluding hydrogens is 583 g/mol. The summed E-state index contributed by atoms with van der Waals surface area (Å²) >= 11 is 14.8. The number of hydrogen-bond acceptors (Lipinski definition) is 7. The van der Waals surface area contributed by atoms with E-state index in [4.69, 9.17) is 38.1 Å². The standard InChI is InChI=1S/C21H19Cl2IN5O2P/c1-11(19-15(22)9-26-10-16(19)23)31-13-2-3-17(29-32-24)14(7-13)20(25)12-6-18-21(28-8-12)30-5-4-27-18/h2-3,6-11,25,27,29,32H,4-5H2,1H3/t11-/m1/s1. The van der Waals surface area contributed by atoms with Crippen molar-refractivity contribution in [3.8, 4) is 11.6 Å². The number of aromatic nitrogens is 2. The van der Waals surface area contributed by atoms with Gasteiger partial charge in [0.25, 0.3) is 0 Å². The van der Waals surface area contributed by atoms with Gasteiger partial charge in [0.15, 0.2) is 0 Å².